The summed E-state index contributed by atoms with van der Waals surface area (Å²) in [4.78, 5) is 16.1. The van der Waals surface area contributed by atoms with Crippen molar-refractivity contribution in [3.8, 4) is 0 Å². The van der Waals surface area contributed by atoms with Crippen LogP contribution in [0.2, 0.25) is 15.1 Å². The first kappa shape index (κ1) is 24.1. The molecule has 3 rings (SSSR count). The van der Waals surface area contributed by atoms with E-state index in [9.17, 15) is 18.0 Å². The van der Waals surface area contributed by atoms with E-state index in [1.807, 2.05) is 0 Å². The predicted molar refractivity (Wildman–Crippen MR) is 120 cm³/mol. The quantitative estimate of drug-likeness (QED) is 0.285. The topological polar surface area (TPSA) is 38.7 Å². The molecule has 2 aromatic carbocycles. The van der Waals surface area contributed by atoms with Crippen LogP contribution in [0.3, 0.4) is 0 Å². The van der Waals surface area contributed by atoms with Gasteiger partial charge in [0.15, 0.2) is 5.54 Å². The Hall–Kier alpha value is -1.54. The van der Waals surface area contributed by atoms with Crippen molar-refractivity contribution < 1.29 is 22.7 Å². The third-order valence-electron chi connectivity index (χ3n) is 4.49. The van der Waals surface area contributed by atoms with Gasteiger partial charge in [-0.3, -0.25) is 0 Å². The van der Waals surface area contributed by atoms with Crippen LogP contribution >= 0.6 is 50.7 Å². The Kier molecular flexibility index (Phi) is 6.82. The number of halogens is 7. The van der Waals surface area contributed by atoms with E-state index >= 15 is 0 Å². The number of carbonyl (C=O) groups excluding carboxylic acids is 1. The van der Waals surface area contributed by atoms with E-state index in [-0.39, 0.29) is 26.5 Å². The van der Waals surface area contributed by atoms with Crippen molar-refractivity contribution in [2.45, 2.75) is 31.5 Å². The molecule has 1 aliphatic heterocycles. The Bertz CT molecular complexity index is 1090. The Morgan fingerprint density at radius 2 is 1.74 bits per heavy atom. The zero-order valence-corrected chi connectivity index (χ0v) is 19.9. The summed E-state index contributed by atoms with van der Waals surface area (Å²) in [6, 6.07) is 7.09. The Morgan fingerprint density at radius 3 is 2.23 bits per heavy atom. The van der Waals surface area contributed by atoms with Gasteiger partial charge in [-0.05, 0) is 65.2 Å². The minimum Gasteiger partial charge on any atom is -0.405 e. The van der Waals surface area contributed by atoms with Crippen LogP contribution in [0.5, 0.6) is 0 Å². The largest absolute Gasteiger partial charge is 0.405 e. The third-order valence-corrected chi connectivity index (χ3v) is 6.35. The summed E-state index contributed by atoms with van der Waals surface area (Å²) in [6.07, 6.45) is -2.24. The lowest BCUT2D eigenvalue weighted by atomic mass is 9.97. The minimum absolute atomic E-state index is 0.00443. The number of esters is 1. The van der Waals surface area contributed by atoms with Gasteiger partial charge in [0, 0.05) is 4.47 Å². The second kappa shape index (κ2) is 8.77. The second-order valence-electron chi connectivity index (χ2n) is 7.28. The fourth-order valence-electron chi connectivity index (χ4n) is 2.83. The highest BCUT2D eigenvalue weighted by Crippen LogP contribution is 2.41. The number of hydrogen-bond donors (Lipinski definition) is 0. The molecule has 0 radical (unpaired) electrons. The fraction of sp³-hybridized carbons (Fsp3) is 0.238. The molecular formula is C21H14BrCl3F3NO2. The van der Waals surface area contributed by atoms with E-state index < -0.39 is 23.6 Å². The average Bonchev–Trinajstić information content (AvgIpc) is 2.91. The zero-order valence-electron chi connectivity index (χ0n) is 16.0. The molecular weight excluding hydrogens is 541 g/mol. The van der Waals surface area contributed by atoms with Crippen LogP contribution in [0.25, 0.3) is 6.08 Å². The number of aliphatic imine (C=N–C) groups is 1. The summed E-state index contributed by atoms with van der Waals surface area (Å²) < 4.78 is 46.8. The Balaban J connectivity index is 1.92. The average molecular weight is 556 g/mol. The summed E-state index contributed by atoms with van der Waals surface area (Å²) >= 11 is 21.0. The molecule has 0 bridgehead atoms. The number of cyclic esters (lactones) is 1. The second-order valence-corrected chi connectivity index (χ2v) is 9.33. The van der Waals surface area contributed by atoms with Gasteiger partial charge < -0.3 is 4.74 Å². The minimum atomic E-state index is -4.58. The highest BCUT2D eigenvalue weighted by molar-refractivity contribution is 9.10. The highest BCUT2D eigenvalue weighted by Gasteiger charge is 2.40. The van der Waals surface area contributed by atoms with Crippen LogP contribution < -0.4 is 0 Å². The molecule has 0 N–H and O–H groups in total. The molecule has 0 fully saturated rings. The molecule has 0 aromatic heterocycles. The number of ether oxygens (including phenoxy) is 1. The van der Waals surface area contributed by atoms with Gasteiger partial charge in [-0.1, -0.05) is 53.0 Å². The number of carbonyl (C=O) groups is 1. The van der Waals surface area contributed by atoms with Gasteiger partial charge in [0.05, 0.1) is 26.5 Å². The molecule has 0 spiro atoms. The number of hydrogen-bond acceptors (Lipinski definition) is 3. The van der Waals surface area contributed by atoms with Crippen molar-refractivity contribution in [2.75, 3.05) is 0 Å². The van der Waals surface area contributed by atoms with Crippen molar-refractivity contribution in [3.05, 3.63) is 72.6 Å². The molecule has 10 heteroatoms. The summed E-state index contributed by atoms with van der Waals surface area (Å²) in [5, 5.41) is -0.127. The Labute approximate surface area is 200 Å². The van der Waals surface area contributed by atoms with Gasteiger partial charge in [-0.15, -0.1) is 0 Å². The van der Waals surface area contributed by atoms with Crippen LogP contribution in [0.1, 0.15) is 36.5 Å². The van der Waals surface area contributed by atoms with E-state index in [2.05, 4.69) is 20.9 Å². The normalized spacial score (nSPS) is 17.1. The monoisotopic (exact) mass is 553 g/mol. The molecule has 0 saturated carbocycles. The first-order chi connectivity index (χ1) is 14.3. The van der Waals surface area contributed by atoms with Crippen molar-refractivity contribution in [1.82, 2.24) is 0 Å². The first-order valence-electron chi connectivity index (χ1n) is 8.81. The lowest BCUT2D eigenvalue weighted by Crippen LogP contribution is -2.25. The number of alkyl halides is 3. The predicted octanol–water partition coefficient (Wildman–Crippen LogP) is 7.85. The summed E-state index contributed by atoms with van der Waals surface area (Å²) in [7, 11) is 0. The van der Waals surface area contributed by atoms with Crippen LogP contribution in [0.15, 0.2) is 45.9 Å². The van der Waals surface area contributed by atoms with Crippen molar-refractivity contribution >= 4 is 68.7 Å². The number of allylic oxidation sites excluding steroid dienone is 1. The number of rotatable bonds is 4. The molecule has 1 atom stereocenters. The van der Waals surface area contributed by atoms with Crippen molar-refractivity contribution in [3.63, 3.8) is 0 Å². The highest BCUT2D eigenvalue weighted by atomic mass is 79.9. The fourth-order valence-corrected chi connectivity index (χ4v) is 4.01. The van der Waals surface area contributed by atoms with Gasteiger partial charge in [0.25, 0.3) is 0 Å². The molecule has 0 amide bonds. The molecule has 0 aliphatic carbocycles. The standard InChI is InChI=1S/C21H14BrCl3F3NO2/c1-20(2)19(30)31-18(29-20)12-5-3-10(7-14(12)22)4-6-13(21(26,27)28)11-8-15(23)17(25)16(24)9-11/h3-9,13H,1-2H3. The van der Waals surface area contributed by atoms with Gasteiger partial charge in [-0.25, -0.2) is 9.79 Å². The van der Waals surface area contributed by atoms with E-state index in [0.29, 0.717) is 15.6 Å². The molecule has 164 valence electrons. The summed E-state index contributed by atoms with van der Waals surface area (Å²) in [5.41, 5.74) is -0.123. The van der Waals surface area contributed by atoms with Gasteiger partial charge >= 0.3 is 12.1 Å². The molecule has 1 unspecified atom stereocenters. The van der Waals surface area contributed by atoms with E-state index in [4.69, 9.17) is 39.5 Å². The maximum absolute atomic E-state index is 13.7. The lowest BCUT2D eigenvalue weighted by Gasteiger charge is -2.18. The lowest BCUT2D eigenvalue weighted by molar-refractivity contribution is -0.139. The Morgan fingerprint density at radius 1 is 1.13 bits per heavy atom. The molecule has 1 aliphatic rings. The zero-order chi connectivity index (χ0) is 23.1. The van der Waals surface area contributed by atoms with Crippen LogP contribution in [0.4, 0.5) is 13.2 Å². The molecule has 2 aromatic rings. The van der Waals surface area contributed by atoms with Gasteiger partial charge in [-0.2, -0.15) is 13.2 Å². The molecule has 3 nitrogen and oxygen atoms in total. The molecule has 1 heterocycles. The summed E-state index contributed by atoms with van der Waals surface area (Å²) in [5.74, 6) is -2.28. The van der Waals surface area contributed by atoms with Gasteiger partial charge in [0.1, 0.15) is 0 Å². The third kappa shape index (κ3) is 5.28. The number of benzene rings is 2. The van der Waals surface area contributed by atoms with E-state index in [0.717, 1.165) is 18.2 Å². The van der Waals surface area contributed by atoms with E-state index in [1.165, 1.54) is 6.08 Å². The smallest absolute Gasteiger partial charge is 0.399 e. The maximum atomic E-state index is 13.7. The van der Waals surface area contributed by atoms with Crippen LogP contribution in [-0.2, 0) is 9.53 Å². The molecule has 31 heavy (non-hydrogen) atoms. The summed E-state index contributed by atoms with van der Waals surface area (Å²) in [6.45, 7) is 3.25. The van der Waals surface area contributed by atoms with Crippen LogP contribution in [-0.4, -0.2) is 23.6 Å². The maximum Gasteiger partial charge on any atom is 0.399 e. The van der Waals surface area contributed by atoms with Crippen molar-refractivity contribution in [1.29, 1.82) is 0 Å². The van der Waals surface area contributed by atoms with Gasteiger partial charge in [0.2, 0.25) is 5.90 Å². The molecule has 0 saturated heterocycles. The first-order valence-corrected chi connectivity index (χ1v) is 10.7. The number of nitrogens with zero attached hydrogens (tertiary/aromatic N) is 1. The van der Waals surface area contributed by atoms with Crippen LogP contribution in [0, 0.1) is 0 Å². The SMILES string of the molecule is CC1(C)N=C(c2ccc(C=CC(c3cc(Cl)c(Cl)c(Cl)c3)C(F)(F)F)cc2Br)OC1=O. The van der Waals surface area contributed by atoms with E-state index in [1.54, 1.807) is 32.0 Å². The van der Waals surface area contributed by atoms with Crippen molar-refractivity contribution in [2.24, 2.45) is 4.99 Å².